The molecule has 5 rings (SSSR count). The third kappa shape index (κ3) is 4.22. The first-order chi connectivity index (χ1) is 16.0. The van der Waals surface area contributed by atoms with Crippen LogP contribution in [0.2, 0.25) is 0 Å². The Hall–Kier alpha value is -2.78. The highest BCUT2D eigenvalue weighted by atomic mass is 15.5. The van der Waals surface area contributed by atoms with E-state index >= 15 is 0 Å². The van der Waals surface area contributed by atoms with Crippen LogP contribution in [-0.2, 0) is 0 Å². The number of hydrogen-bond acceptors (Lipinski definition) is 3. The van der Waals surface area contributed by atoms with Crippen molar-refractivity contribution in [2.75, 3.05) is 0 Å². The number of aryl methyl sites for hydroxylation is 1. The first kappa shape index (κ1) is 23.0. The number of hydrogen-bond donors (Lipinski definition) is 1. The molecular weight excluding hydrogens is 414 g/mol. The van der Waals surface area contributed by atoms with Gasteiger partial charge in [-0.3, -0.25) is 5.32 Å². The number of nitrogens with zero attached hydrogens (tertiary/aromatic N) is 2. The molecule has 3 unspecified atom stereocenters. The van der Waals surface area contributed by atoms with Gasteiger partial charge in [0, 0.05) is 17.4 Å². The summed E-state index contributed by atoms with van der Waals surface area (Å²) in [7, 11) is 0. The number of nitrogens with one attached hydrogen (secondary N) is 1. The van der Waals surface area contributed by atoms with Gasteiger partial charge >= 0.3 is 0 Å². The van der Waals surface area contributed by atoms with Crippen LogP contribution in [0.3, 0.4) is 0 Å². The molecule has 0 aromatic heterocycles. The van der Waals surface area contributed by atoms with Gasteiger partial charge in [0.25, 0.3) is 0 Å². The van der Waals surface area contributed by atoms with Crippen molar-refractivity contribution in [1.82, 2.24) is 15.1 Å². The lowest BCUT2D eigenvalue weighted by molar-refractivity contribution is 0.158. The van der Waals surface area contributed by atoms with E-state index in [4.69, 9.17) is 0 Å². The maximum atomic E-state index is 4.13. The van der Waals surface area contributed by atoms with Crippen molar-refractivity contribution >= 4 is 11.8 Å². The fourth-order valence-corrected chi connectivity index (χ4v) is 6.29. The lowest BCUT2D eigenvalue weighted by Gasteiger charge is -2.41. The molecule has 0 bridgehead atoms. The van der Waals surface area contributed by atoms with Crippen molar-refractivity contribution in [2.45, 2.75) is 78.8 Å². The fraction of sp³-hybridized carbons (Fsp3) is 0.419. The van der Waals surface area contributed by atoms with E-state index in [1.165, 1.54) is 33.5 Å². The Bertz CT molecular complexity index is 1160. The largest absolute Gasteiger partial charge is 0.337 e. The third-order valence-corrected chi connectivity index (χ3v) is 7.14. The molecule has 0 radical (unpaired) electrons. The molecule has 3 nitrogen and oxygen atoms in total. The molecule has 1 saturated heterocycles. The van der Waals surface area contributed by atoms with Crippen LogP contribution in [0.5, 0.6) is 0 Å². The van der Waals surface area contributed by atoms with Crippen LogP contribution >= 0.6 is 0 Å². The zero-order chi connectivity index (χ0) is 24.3. The molecule has 3 heteroatoms. The highest BCUT2D eigenvalue weighted by Gasteiger charge is 2.50. The summed E-state index contributed by atoms with van der Waals surface area (Å²) in [6.45, 7) is 16.1. The minimum atomic E-state index is -0.00743. The van der Waals surface area contributed by atoms with Gasteiger partial charge in [0.05, 0.1) is 6.04 Å². The van der Waals surface area contributed by atoms with Crippen LogP contribution in [0.15, 0.2) is 72.5 Å². The van der Waals surface area contributed by atoms with Gasteiger partial charge in [0.1, 0.15) is 12.3 Å². The van der Waals surface area contributed by atoms with Gasteiger partial charge in [-0.1, -0.05) is 80.9 Å². The Morgan fingerprint density at radius 1 is 0.912 bits per heavy atom. The van der Waals surface area contributed by atoms with E-state index in [0.29, 0.717) is 0 Å². The minimum Gasteiger partial charge on any atom is -0.337 e. The van der Waals surface area contributed by atoms with Crippen molar-refractivity contribution in [3.05, 3.63) is 94.7 Å². The maximum absolute atomic E-state index is 4.13. The van der Waals surface area contributed by atoms with Crippen LogP contribution in [0.4, 0.5) is 0 Å². The van der Waals surface area contributed by atoms with Crippen LogP contribution in [0, 0.1) is 12.3 Å². The monoisotopic (exact) mass is 453 g/mol. The minimum absolute atomic E-state index is 0.00743. The molecule has 3 aliphatic rings. The highest BCUT2D eigenvalue weighted by molar-refractivity contribution is 5.84. The summed E-state index contributed by atoms with van der Waals surface area (Å²) in [5.74, 6) is 0. The predicted octanol–water partition coefficient (Wildman–Crippen LogP) is 7.10. The van der Waals surface area contributed by atoms with E-state index in [1.807, 2.05) is 0 Å². The highest BCUT2D eigenvalue weighted by Crippen LogP contribution is 2.49. The van der Waals surface area contributed by atoms with Crippen LogP contribution < -0.4 is 5.32 Å². The maximum Gasteiger partial charge on any atom is 0.123 e. The van der Waals surface area contributed by atoms with Crippen LogP contribution in [0.25, 0.3) is 11.8 Å². The summed E-state index contributed by atoms with van der Waals surface area (Å²) < 4.78 is 0. The van der Waals surface area contributed by atoms with Crippen molar-refractivity contribution in [3.63, 3.8) is 0 Å². The summed E-state index contributed by atoms with van der Waals surface area (Å²) in [6.07, 6.45) is 10.8. The lowest BCUT2D eigenvalue weighted by Crippen LogP contribution is -2.54. The quantitative estimate of drug-likeness (QED) is 0.533. The van der Waals surface area contributed by atoms with E-state index in [1.54, 1.807) is 0 Å². The second-order valence-electron chi connectivity index (χ2n) is 12.2. The SMILES string of the molecule is CC1=CN2C(NC(C)(C)CC(C)(C)C)C3c4ccccc4C=C(c4ccc(C)cc4)N3C2C=C1. The summed E-state index contributed by atoms with van der Waals surface area (Å²) in [5.41, 5.74) is 8.13. The van der Waals surface area contributed by atoms with E-state index in [2.05, 4.69) is 137 Å². The van der Waals surface area contributed by atoms with E-state index < -0.39 is 0 Å². The molecule has 1 N–H and O–H groups in total. The third-order valence-electron chi connectivity index (χ3n) is 7.14. The first-order valence-corrected chi connectivity index (χ1v) is 12.6. The van der Waals surface area contributed by atoms with Crippen molar-refractivity contribution in [2.24, 2.45) is 5.41 Å². The standard InChI is InChI=1S/C31H39N3/c1-21-12-15-23(16-13-21)26-18-24-10-8-9-11-25(24)28-29(32-31(6,7)20-30(3,4)5)33-19-22(2)14-17-27(33)34(26)28/h8-19,27-29,32H,20H2,1-7H3. The van der Waals surface area contributed by atoms with E-state index in [-0.39, 0.29) is 29.3 Å². The molecule has 0 aliphatic carbocycles. The Labute approximate surface area is 205 Å². The van der Waals surface area contributed by atoms with E-state index in [9.17, 15) is 0 Å². The number of benzene rings is 2. The molecule has 2 aromatic carbocycles. The van der Waals surface area contributed by atoms with Gasteiger partial charge in [-0.2, -0.15) is 0 Å². The van der Waals surface area contributed by atoms with Crippen LogP contribution in [0.1, 0.15) is 76.3 Å². The topological polar surface area (TPSA) is 18.5 Å². The van der Waals surface area contributed by atoms with Gasteiger partial charge in [0.15, 0.2) is 0 Å². The molecule has 3 heterocycles. The molecule has 0 saturated carbocycles. The Morgan fingerprint density at radius 2 is 1.62 bits per heavy atom. The van der Waals surface area contributed by atoms with Gasteiger partial charge in [-0.15, -0.1) is 0 Å². The molecule has 3 atom stereocenters. The van der Waals surface area contributed by atoms with Gasteiger partial charge < -0.3 is 9.80 Å². The molecule has 178 valence electrons. The zero-order valence-corrected chi connectivity index (χ0v) is 21.8. The molecule has 34 heavy (non-hydrogen) atoms. The Balaban J connectivity index is 1.64. The second-order valence-corrected chi connectivity index (χ2v) is 12.2. The normalized spacial score (nSPS) is 23.8. The van der Waals surface area contributed by atoms with Crippen molar-refractivity contribution < 1.29 is 0 Å². The second kappa shape index (κ2) is 8.16. The Morgan fingerprint density at radius 3 is 2.32 bits per heavy atom. The van der Waals surface area contributed by atoms with Crippen molar-refractivity contribution in [3.8, 4) is 0 Å². The van der Waals surface area contributed by atoms with Gasteiger partial charge in [-0.05, 0) is 73.9 Å². The summed E-state index contributed by atoms with van der Waals surface area (Å²) in [4.78, 5) is 5.19. The van der Waals surface area contributed by atoms with Gasteiger partial charge in [-0.25, -0.2) is 0 Å². The average Bonchev–Trinajstić information content (AvgIpc) is 3.05. The molecule has 1 fully saturated rings. The first-order valence-electron chi connectivity index (χ1n) is 12.6. The van der Waals surface area contributed by atoms with Gasteiger partial charge in [0.2, 0.25) is 0 Å². The van der Waals surface area contributed by atoms with E-state index in [0.717, 1.165) is 6.42 Å². The van der Waals surface area contributed by atoms with Crippen molar-refractivity contribution in [1.29, 1.82) is 0 Å². The number of allylic oxidation sites excluding steroid dienone is 2. The van der Waals surface area contributed by atoms with Crippen LogP contribution in [-0.4, -0.2) is 27.7 Å². The predicted molar refractivity (Wildman–Crippen MR) is 144 cm³/mol. The zero-order valence-electron chi connectivity index (χ0n) is 21.8. The summed E-state index contributed by atoms with van der Waals surface area (Å²) >= 11 is 0. The number of rotatable bonds is 4. The number of fused-ring (bicyclic) bond motifs is 5. The Kier molecular flexibility index (Phi) is 5.52. The molecule has 2 aromatic rings. The molecular formula is C31H39N3. The average molecular weight is 454 g/mol. The molecule has 0 spiro atoms. The fourth-order valence-electron chi connectivity index (χ4n) is 6.29. The smallest absolute Gasteiger partial charge is 0.123 e. The summed E-state index contributed by atoms with van der Waals surface area (Å²) in [6, 6.07) is 18.1. The summed E-state index contributed by atoms with van der Waals surface area (Å²) in [5, 5.41) is 4.13. The lowest BCUT2D eigenvalue weighted by atomic mass is 9.81. The molecule has 3 aliphatic heterocycles. The molecule has 0 amide bonds.